The van der Waals surface area contributed by atoms with E-state index in [0.717, 1.165) is 41.0 Å². The van der Waals surface area contributed by atoms with Crippen molar-refractivity contribution in [2.24, 2.45) is 5.92 Å². The minimum atomic E-state index is 0.619. The van der Waals surface area contributed by atoms with E-state index in [9.17, 15) is 0 Å². The van der Waals surface area contributed by atoms with Gasteiger partial charge in [0.25, 0.3) is 0 Å². The zero-order valence-corrected chi connectivity index (χ0v) is 17.2. The summed E-state index contributed by atoms with van der Waals surface area (Å²) in [5.74, 6) is 1.36. The molecule has 4 heteroatoms. The maximum absolute atomic E-state index is 4.82. The van der Waals surface area contributed by atoms with Gasteiger partial charge in [0, 0.05) is 35.4 Å². The summed E-state index contributed by atoms with van der Waals surface area (Å²) in [6, 6.07) is 15.2. The molecule has 2 aromatic heterocycles. The van der Waals surface area contributed by atoms with Crippen LogP contribution in [0.15, 0.2) is 48.7 Å². The molecule has 1 aliphatic rings. The van der Waals surface area contributed by atoms with E-state index in [-0.39, 0.29) is 0 Å². The lowest BCUT2D eigenvalue weighted by atomic mass is 9.82. The molecule has 1 fully saturated rings. The number of rotatable bonds is 4. The molecule has 0 radical (unpaired) electrons. The van der Waals surface area contributed by atoms with Crippen LogP contribution in [-0.2, 0) is 6.54 Å². The fraction of sp³-hybridized carbons (Fsp3) is 0.391. The zero-order chi connectivity index (χ0) is 18.8. The lowest BCUT2D eigenvalue weighted by Gasteiger charge is -2.37. The van der Waals surface area contributed by atoms with Crippen molar-refractivity contribution < 1.29 is 0 Å². The Bertz CT molecular complexity index is 886. The molecule has 3 aromatic rings. The molecule has 2 atom stereocenters. The van der Waals surface area contributed by atoms with Gasteiger partial charge in [-0.1, -0.05) is 37.3 Å². The third-order valence-corrected chi connectivity index (χ3v) is 6.88. The standard InChI is InChI=1S/C23H27N3S/c1-16-11-12-26(14-21(16)19-7-5-4-6-8-19)15-22-18(3)25-23(27-22)20-10-9-17(2)24-13-20/h4-10,13,16,21H,11-12,14-15H2,1-3H3. The zero-order valence-electron chi connectivity index (χ0n) is 16.4. The summed E-state index contributed by atoms with van der Waals surface area (Å²) in [5, 5.41) is 1.08. The van der Waals surface area contributed by atoms with Gasteiger partial charge in [0.2, 0.25) is 0 Å². The highest BCUT2D eigenvalue weighted by Crippen LogP contribution is 2.34. The summed E-state index contributed by atoms with van der Waals surface area (Å²) in [5.41, 5.74) is 4.80. The Morgan fingerprint density at radius 1 is 1.11 bits per heavy atom. The number of aryl methyl sites for hydroxylation is 2. The average molecular weight is 378 g/mol. The molecule has 4 rings (SSSR count). The maximum Gasteiger partial charge on any atom is 0.125 e. The van der Waals surface area contributed by atoms with E-state index >= 15 is 0 Å². The number of piperidine rings is 1. The van der Waals surface area contributed by atoms with Crippen LogP contribution >= 0.6 is 11.3 Å². The van der Waals surface area contributed by atoms with E-state index in [0.29, 0.717) is 5.92 Å². The van der Waals surface area contributed by atoms with Crippen molar-refractivity contribution in [3.05, 3.63) is 70.5 Å². The first-order valence-corrected chi connectivity index (χ1v) is 10.6. The van der Waals surface area contributed by atoms with Gasteiger partial charge >= 0.3 is 0 Å². The summed E-state index contributed by atoms with van der Waals surface area (Å²) in [7, 11) is 0. The Morgan fingerprint density at radius 2 is 1.93 bits per heavy atom. The van der Waals surface area contributed by atoms with E-state index in [1.807, 2.05) is 24.5 Å². The largest absolute Gasteiger partial charge is 0.298 e. The number of nitrogens with zero attached hydrogens (tertiary/aromatic N) is 3. The normalized spacial score (nSPS) is 20.7. The molecule has 3 nitrogen and oxygen atoms in total. The van der Waals surface area contributed by atoms with E-state index in [2.05, 4.69) is 66.2 Å². The molecule has 0 aliphatic carbocycles. The second kappa shape index (κ2) is 7.91. The molecule has 0 saturated carbocycles. The number of thiazole rings is 1. The predicted octanol–water partition coefficient (Wildman–Crippen LogP) is 5.45. The second-order valence-corrected chi connectivity index (χ2v) is 8.82. The van der Waals surface area contributed by atoms with Crippen molar-refractivity contribution in [1.82, 2.24) is 14.9 Å². The molecular weight excluding hydrogens is 350 g/mol. The summed E-state index contributed by atoms with van der Waals surface area (Å²) >= 11 is 1.82. The smallest absolute Gasteiger partial charge is 0.125 e. The highest BCUT2D eigenvalue weighted by Gasteiger charge is 2.28. The van der Waals surface area contributed by atoms with Gasteiger partial charge in [-0.25, -0.2) is 4.98 Å². The number of benzene rings is 1. The predicted molar refractivity (Wildman–Crippen MR) is 113 cm³/mol. The minimum absolute atomic E-state index is 0.619. The third-order valence-electron chi connectivity index (χ3n) is 5.69. The summed E-state index contributed by atoms with van der Waals surface area (Å²) in [6.07, 6.45) is 3.19. The molecule has 1 aliphatic heterocycles. The topological polar surface area (TPSA) is 29.0 Å². The third kappa shape index (κ3) is 4.12. The van der Waals surface area contributed by atoms with Crippen molar-refractivity contribution in [2.75, 3.05) is 13.1 Å². The van der Waals surface area contributed by atoms with Crippen LogP contribution in [0.1, 0.15) is 41.1 Å². The first kappa shape index (κ1) is 18.3. The highest BCUT2D eigenvalue weighted by molar-refractivity contribution is 7.15. The maximum atomic E-state index is 4.82. The fourth-order valence-electron chi connectivity index (χ4n) is 3.91. The lowest BCUT2D eigenvalue weighted by Crippen LogP contribution is -2.37. The molecule has 3 heterocycles. The van der Waals surface area contributed by atoms with Gasteiger partial charge in [0.15, 0.2) is 0 Å². The van der Waals surface area contributed by atoms with Gasteiger partial charge in [-0.3, -0.25) is 9.88 Å². The molecule has 1 saturated heterocycles. The number of aromatic nitrogens is 2. The van der Waals surface area contributed by atoms with Crippen LogP contribution in [0, 0.1) is 19.8 Å². The number of hydrogen-bond acceptors (Lipinski definition) is 4. The molecule has 0 bridgehead atoms. The van der Waals surface area contributed by atoms with Gasteiger partial charge in [-0.2, -0.15) is 0 Å². The summed E-state index contributed by atoms with van der Waals surface area (Å²) in [6.45, 7) is 9.85. The highest BCUT2D eigenvalue weighted by atomic mass is 32.1. The van der Waals surface area contributed by atoms with Crippen molar-refractivity contribution >= 4 is 11.3 Å². The molecule has 0 N–H and O–H groups in total. The summed E-state index contributed by atoms with van der Waals surface area (Å²) in [4.78, 5) is 13.2. The van der Waals surface area contributed by atoms with Crippen LogP contribution in [0.25, 0.3) is 10.6 Å². The second-order valence-electron chi connectivity index (χ2n) is 7.73. The Morgan fingerprint density at radius 3 is 2.67 bits per heavy atom. The first-order valence-electron chi connectivity index (χ1n) is 9.77. The molecule has 0 amide bonds. The van der Waals surface area contributed by atoms with E-state index in [1.54, 1.807) is 0 Å². The first-order chi connectivity index (χ1) is 13.1. The van der Waals surface area contributed by atoms with Gasteiger partial charge in [0.1, 0.15) is 5.01 Å². The van der Waals surface area contributed by atoms with Crippen molar-refractivity contribution in [2.45, 2.75) is 39.7 Å². The monoisotopic (exact) mass is 377 g/mol. The van der Waals surface area contributed by atoms with Crippen LogP contribution < -0.4 is 0 Å². The Kier molecular flexibility index (Phi) is 5.37. The Labute approximate surface area is 166 Å². The molecular formula is C23H27N3S. The Hall–Kier alpha value is -2.04. The van der Waals surface area contributed by atoms with Crippen LogP contribution in [0.2, 0.25) is 0 Å². The van der Waals surface area contributed by atoms with Crippen LogP contribution in [0.4, 0.5) is 0 Å². The van der Waals surface area contributed by atoms with Crippen molar-refractivity contribution in [3.63, 3.8) is 0 Å². The Balaban J connectivity index is 1.50. The fourth-order valence-corrected chi connectivity index (χ4v) is 5.01. The van der Waals surface area contributed by atoms with Crippen LogP contribution in [0.3, 0.4) is 0 Å². The average Bonchev–Trinajstić information content (AvgIpc) is 3.05. The quantitative estimate of drug-likeness (QED) is 0.605. The van der Waals surface area contributed by atoms with Gasteiger partial charge in [-0.05, 0) is 56.3 Å². The molecule has 1 aromatic carbocycles. The summed E-state index contributed by atoms with van der Waals surface area (Å²) < 4.78 is 0. The minimum Gasteiger partial charge on any atom is -0.298 e. The van der Waals surface area contributed by atoms with E-state index < -0.39 is 0 Å². The lowest BCUT2D eigenvalue weighted by molar-refractivity contribution is 0.161. The van der Waals surface area contributed by atoms with Gasteiger partial charge in [-0.15, -0.1) is 11.3 Å². The molecule has 27 heavy (non-hydrogen) atoms. The van der Waals surface area contributed by atoms with E-state index in [1.165, 1.54) is 23.4 Å². The van der Waals surface area contributed by atoms with Gasteiger partial charge in [0.05, 0.1) is 5.69 Å². The van der Waals surface area contributed by atoms with E-state index in [4.69, 9.17) is 4.98 Å². The molecule has 0 spiro atoms. The number of hydrogen-bond donors (Lipinski definition) is 0. The SMILES string of the molecule is Cc1ccc(-c2nc(C)c(CN3CCC(C)C(c4ccccc4)C3)s2)cn1. The van der Waals surface area contributed by atoms with Crippen LogP contribution in [0.5, 0.6) is 0 Å². The van der Waals surface area contributed by atoms with Gasteiger partial charge < -0.3 is 0 Å². The van der Waals surface area contributed by atoms with Crippen molar-refractivity contribution in [1.29, 1.82) is 0 Å². The van der Waals surface area contributed by atoms with Crippen molar-refractivity contribution in [3.8, 4) is 10.6 Å². The molecule has 140 valence electrons. The number of likely N-dealkylation sites (tertiary alicyclic amines) is 1. The van der Waals surface area contributed by atoms with Crippen LogP contribution in [-0.4, -0.2) is 28.0 Å². The number of pyridine rings is 1. The molecule has 2 unspecified atom stereocenters.